The number of piperidine rings is 1. The lowest BCUT2D eigenvalue weighted by Gasteiger charge is -2.29. The number of hydrogen-bond donors (Lipinski definition) is 0. The molecule has 1 fully saturated rings. The molecule has 1 saturated heterocycles. The molecule has 1 aromatic carbocycles. The summed E-state index contributed by atoms with van der Waals surface area (Å²) in [7, 11) is 0. The van der Waals surface area contributed by atoms with E-state index in [9.17, 15) is 4.79 Å². The molecule has 0 spiro atoms. The van der Waals surface area contributed by atoms with Gasteiger partial charge in [0.25, 0.3) is 0 Å². The Morgan fingerprint density at radius 2 is 1.53 bits per heavy atom. The van der Waals surface area contributed by atoms with Gasteiger partial charge in [0.05, 0.1) is 12.5 Å². The maximum atomic E-state index is 11.4. The van der Waals surface area contributed by atoms with Crippen molar-refractivity contribution in [3.63, 3.8) is 0 Å². The Morgan fingerprint density at radius 3 is 1.89 bits per heavy atom. The van der Waals surface area contributed by atoms with Crippen molar-refractivity contribution < 1.29 is 9.53 Å². The summed E-state index contributed by atoms with van der Waals surface area (Å²) in [5.74, 6) is 0.154. The molecule has 1 heterocycles. The van der Waals surface area contributed by atoms with Crippen LogP contribution < -0.4 is 0 Å². The number of ether oxygens (including phenoxy) is 1. The van der Waals surface area contributed by atoms with Crippen LogP contribution in [0.1, 0.15) is 26.7 Å². The summed E-state index contributed by atoms with van der Waals surface area (Å²) in [4.78, 5) is 13.7. The van der Waals surface area contributed by atoms with Gasteiger partial charge in [-0.1, -0.05) is 43.3 Å². The van der Waals surface area contributed by atoms with Crippen molar-refractivity contribution in [1.29, 1.82) is 0 Å². The van der Waals surface area contributed by atoms with Gasteiger partial charge < -0.3 is 9.64 Å². The maximum absolute atomic E-state index is 11.4. The van der Waals surface area contributed by atoms with E-state index in [-0.39, 0.29) is 11.9 Å². The van der Waals surface area contributed by atoms with E-state index in [1.807, 2.05) is 43.3 Å². The van der Waals surface area contributed by atoms with Crippen molar-refractivity contribution in [2.45, 2.75) is 26.7 Å². The monoisotopic (exact) mass is 263 g/mol. The molecule has 2 rings (SSSR count). The van der Waals surface area contributed by atoms with Crippen molar-refractivity contribution in [3.05, 3.63) is 36.4 Å². The molecule has 0 radical (unpaired) electrons. The SMILES string of the molecule is CCOC(=O)C1CCN(CC)CC1.c1ccccc1. The normalized spacial score (nSPS) is 16.3. The smallest absolute Gasteiger partial charge is 0.309 e. The van der Waals surface area contributed by atoms with Gasteiger partial charge in [-0.3, -0.25) is 4.79 Å². The molecule has 1 aromatic rings. The number of benzene rings is 1. The zero-order chi connectivity index (χ0) is 13.9. The quantitative estimate of drug-likeness (QED) is 0.785. The third-order valence-corrected chi connectivity index (χ3v) is 3.32. The number of hydrogen-bond acceptors (Lipinski definition) is 3. The molecule has 0 aromatic heterocycles. The Kier molecular flexibility index (Phi) is 7.91. The highest BCUT2D eigenvalue weighted by molar-refractivity contribution is 5.72. The van der Waals surface area contributed by atoms with E-state index >= 15 is 0 Å². The van der Waals surface area contributed by atoms with Crippen molar-refractivity contribution in [2.24, 2.45) is 5.92 Å². The third-order valence-electron chi connectivity index (χ3n) is 3.32. The van der Waals surface area contributed by atoms with Crippen LogP contribution in [0.2, 0.25) is 0 Å². The largest absolute Gasteiger partial charge is 0.466 e. The van der Waals surface area contributed by atoms with Crippen molar-refractivity contribution in [2.75, 3.05) is 26.2 Å². The zero-order valence-corrected chi connectivity index (χ0v) is 12.0. The summed E-state index contributed by atoms with van der Waals surface area (Å²) in [5, 5.41) is 0. The lowest BCUT2D eigenvalue weighted by Crippen LogP contribution is -2.36. The second kappa shape index (κ2) is 9.56. The molecular formula is C16H25NO2. The van der Waals surface area contributed by atoms with Crippen molar-refractivity contribution in [3.8, 4) is 0 Å². The fourth-order valence-corrected chi connectivity index (χ4v) is 2.13. The highest BCUT2D eigenvalue weighted by Crippen LogP contribution is 2.17. The van der Waals surface area contributed by atoms with Crippen molar-refractivity contribution in [1.82, 2.24) is 4.90 Å². The zero-order valence-electron chi connectivity index (χ0n) is 12.0. The first kappa shape index (κ1) is 15.7. The summed E-state index contributed by atoms with van der Waals surface area (Å²) >= 11 is 0. The summed E-state index contributed by atoms with van der Waals surface area (Å²) < 4.78 is 4.99. The van der Waals surface area contributed by atoms with E-state index in [1.54, 1.807) is 0 Å². The van der Waals surface area contributed by atoms with Crippen LogP contribution in [0.5, 0.6) is 0 Å². The van der Waals surface area contributed by atoms with Crippen LogP contribution in [0.3, 0.4) is 0 Å². The topological polar surface area (TPSA) is 29.5 Å². The van der Waals surface area contributed by atoms with Gasteiger partial charge in [0, 0.05) is 0 Å². The predicted molar refractivity (Wildman–Crippen MR) is 77.9 cm³/mol. The van der Waals surface area contributed by atoms with Crippen LogP contribution in [-0.4, -0.2) is 37.1 Å². The molecule has 3 heteroatoms. The third kappa shape index (κ3) is 6.39. The van der Waals surface area contributed by atoms with E-state index in [2.05, 4.69) is 11.8 Å². The van der Waals surface area contributed by atoms with E-state index in [0.717, 1.165) is 32.5 Å². The van der Waals surface area contributed by atoms with Crippen LogP contribution in [0.25, 0.3) is 0 Å². The minimum atomic E-state index is -0.00162. The minimum absolute atomic E-state index is 0.00162. The van der Waals surface area contributed by atoms with Gasteiger partial charge in [-0.25, -0.2) is 0 Å². The predicted octanol–water partition coefficient (Wildman–Crippen LogP) is 2.97. The Hall–Kier alpha value is -1.35. The average Bonchev–Trinajstić information content (AvgIpc) is 2.50. The minimum Gasteiger partial charge on any atom is -0.466 e. The number of rotatable bonds is 3. The van der Waals surface area contributed by atoms with E-state index in [0.29, 0.717) is 6.61 Å². The summed E-state index contributed by atoms with van der Waals surface area (Å²) in [6.45, 7) is 7.70. The molecule has 3 nitrogen and oxygen atoms in total. The maximum Gasteiger partial charge on any atom is 0.309 e. The Labute approximate surface area is 116 Å². The Bertz CT molecular complexity index is 305. The van der Waals surface area contributed by atoms with Gasteiger partial charge in [-0.15, -0.1) is 0 Å². The molecule has 0 amide bonds. The Balaban J connectivity index is 0.000000250. The molecule has 0 N–H and O–H groups in total. The number of carbonyl (C=O) groups excluding carboxylic acids is 1. The molecular weight excluding hydrogens is 238 g/mol. The average molecular weight is 263 g/mol. The number of likely N-dealkylation sites (tertiary alicyclic amines) is 1. The molecule has 0 bridgehead atoms. The standard InChI is InChI=1S/C10H19NO2.C6H6/c1-3-11-7-5-9(6-8-11)10(12)13-4-2;1-2-4-6-5-3-1/h9H,3-8H2,1-2H3;1-6H. The number of nitrogens with zero attached hydrogens (tertiary/aromatic N) is 1. The summed E-state index contributed by atoms with van der Waals surface area (Å²) in [6.07, 6.45) is 1.93. The van der Waals surface area contributed by atoms with Gasteiger partial charge in [0.15, 0.2) is 0 Å². The van der Waals surface area contributed by atoms with Gasteiger partial charge in [-0.2, -0.15) is 0 Å². The second-order valence-corrected chi connectivity index (χ2v) is 4.62. The van der Waals surface area contributed by atoms with Gasteiger partial charge >= 0.3 is 5.97 Å². The van der Waals surface area contributed by atoms with Crippen LogP contribution in [0.15, 0.2) is 36.4 Å². The lowest BCUT2D eigenvalue weighted by molar-refractivity contribution is -0.149. The highest BCUT2D eigenvalue weighted by atomic mass is 16.5. The van der Waals surface area contributed by atoms with Crippen molar-refractivity contribution >= 4 is 5.97 Å². The lowest BCUT2D eigenvalue weighted by atomic mass is 9.97. The summed E-state index contributed by atoms with van der Waals surface area (Å²) in [6, 6.07) is 12.0. The number of carbonyl (C=O) groups is 1. The molecule has 106 valence electrons. The fourth-order valence-electron chi connectivity index (χ4n) is 2.13. The molecule has 0 unspecified atom stereocenters. The van der Waals surface area contributed by atoms with Gasteiger partial charge in [0.2, 0.25) is 0 Å². The fraction of sp³-hybridized carbons (Fsp3) is 0.562. The van der Waals surface area contributed by atoms with E-state index in [4.69, 9.17) is 4.74 Å². The Morgan fingerprint density at radius 1 is 1.05 bits per heavy atom. The first-order valence-electron chi connectivity index (χ1n) is 7.16. The number of esters is 1. The highest BCUT2D eigenvalue weighted by Gasteiger charge is 2.24. The first-order chi connectivity index (χ1) is 9.27. The van der Waals surface area contributed by atoms with Gasteiger partial charge in [0.1, 0.15) is 0 Å². The molecule has 1 aliphatic heterocycles. The summed E-state index contributed by atoms with van der Waals surface area (Å²) in [5.41, 5.74) is 0. The molecule has 0 saturated carbocycles. The van der Waals surface area contributed by atoms with Crippen LogP contribution in [0, 0.1) is 5.92 Å². The van der Waals surface area contributed by atoms with Crippen LogP contribution >= 0.6 is 0 Å². The molecule has 0 atom stereocenters. The second-order valence-electron chi connectivity index (χ2n) is 4.62. The first-order valence-corrected chi connectivity index (χ1v) is 7.16. The molecule has 1 aliphatic rings. The van der Waals surface area contributed by atoms with Crippen LogP contribution in [-0.2, 0) is 9.53 Å². The van der Waals surface area contributed by atoms with Gasteiger partial charge in [-0.05, 0) is 39.4 Å². The van der Waals surface area contributed by atoms with E-state index in [1.165, 1.54) is 0 Å². The molecule has 0 aliphatic carbocycles. The molecule has 19 heavy (non-hydrogen) atoms. The van der Waals surface area contributed by atoms with E-state index < -0.39 is 0 Å². The van der Waals surface area contributed by atoms with Crippen LogP contribution in [0.4, 0.5) is 0 Å².